The lowest BCUT2D eigenvalue weighted by Gasteiger charge is -2.35. The van der Waals surface area contributed by atoms with Crippen LogP contribution in [0, 0.1) is 6.92 Å². The van der Waals surface area contributed by atoms with Crippen molar-refractivity contribution >= 4 is 17.4 Å². The molecule has 1 fully saturated rings. The maximum Gasteiger partial charge on any atom is 0.128 e. The third kappa shape index (κ3) is 2.41. The van der Waals surface area contributed by atoms with Crippen LogP contribution in [0.4, 0.5) is 5.82 Å². The van der Waals surface area contributed by atoms with Gasteiger partial charge in [-0.25, -0.2) is 4.98 Å². The Balaban J connectivity index is 2.16. The molecule has 1 aliphatic heterocycles. The van der Waals surface area contributed by atoms with E-state index in [0.29, 0.717) is 12.5 Å². The summed E-state index contributed by atoms with van der Waals surface area (Å²) in [6, 6.07) is 4.36. The van der Waals surface area contributed by atoms with E-state index in [4.69, 9.17) is 16.3 Å². The molecule has 4 heteroatoms. The van der Waals surface area contributed by atoms with Crippen LogP contribution in [0.1, 0.15) is 5.56 Å². The number of hydrogen-bond acceptors (Lipinski definition) is 3. The second kappa shape index (κ2) is 4.81. The number of alkyl halides is 1. The number of aryl methyl sites for hydroxylation is 1. The summed E-state index contributed by atoms with van der Waals surface area (Å²) in [7, 11) is 0. The number of aromatic nitrogens is 1. The van der Waals surface area contributed by atoms with Crippen molar-refractivity contribution in [3.63, 3.8) is 0 Å². The Bertz CT molecular complexity index is 315. The second-order valence-electron chi connectivity index (χ2n) is 3.77. The van der Waals surface area contributed by atoms with Gasteiger partial charge < -0.3 is 9.64 Å². The first-order valence-electron chi connectivity index (χ1n) is 5.14. The molecule has 0 bridgehead atoms. The van der Waals surface area contributed by atoms with E-state index in [0.717, 1.165) is 19.0 Å². The van der Waals surface area contributed by atoms with Crippen molar-refractivity contribution in [3.8, 4) is 0 Å². The minimum Gasteiger partial charge on any atom is -0.377 e. The number of rotatable bonds is 2. The largest absolute Gasteiger partial charge is 0.377 e. The monoisotopic (exact) mass is 226 g/mol. The molecule has 1 atom stereocenters. The summed E-state index contributed by atoms with van der Waals surface area (Å²) >= 11 is 5.91. The van der Waals surface area contributed by atoms with Gasteiger partial charge in [0.15, 0.2) is 0 Å². The maximum atomic E-state index is 5.91. The van der Waals surface area contributed by atoms with E-state index in [-0.39, 0.29) is 6.04 Å². The van der Waals surface area contributed by atoms with Gasteiger partial charge in [-0.05, 0) is 18.6 Å². The quantitative estimate of drug-likeness (QED) is 0.720. The molecular weight excluding hydrogens is 212 g/mol. The Morgan fingerprint density at radius 1 is 1.60 bits per heavy atom. The van der Waals surface area contributed by atoms with Crippen LogP contribution in [-0.4, -0.2) is 36.7 Å². The highest BCUT2D eigenvalue weighted by Gasteiger charge is 2.22. The molecule has 0 spiro atoms. The molecule has 0 radical (unpaired) electrons. The van der Waals surface area contributed by atoms with Crippen LogP contribution in [0.5, 0.6) is 0 Å². The predicted molar refractivity (Wildman–Crippen MR) is 61.6 cm³/mol. The van der Waals surface area contributed by atoms with Crippen molar-refractivity contribution in [2.24, 2.45) is 0 Å². The highest BCUT2D eigenvalue weighted by molar-refractivity contribution is 6.18. The van der Waals surface area contributed by atoms with Crippen molar-refractivity contribution in [1.29, 1.82) is 0 Å². The van der Waals surface area contributed by atoms with E-state index in [1.165, 1.54) is 5.56 Å². The number of ether oxygens (including phenoxy) is 1. The highest BCUT2D eigenvalue weighted by Crippen LogP contribution is 2.18. The van der Waals surface area contributed by atoms with Crippen LogP contribution in [0.25, 0.3) is 0 Å². The Labute approximate surface area is 95.0 Å². The second-order valence-corrected chi connectivity index (χ2v) is 4.08. The summed E-state index contributed by atoms with van der Waals surface area (Å²) in [4.78, 5) is 6.63. The Hall–Kier alpha value is -0.800. The standard InChI is InChI=1S/C11H15ClN2O/c1-9-2-3-11(13-7-9)14-4-5-15-8-10(14)6-12/h2-3,7,10H,4-6,8H2,1H3. The number of morpholine rings is 1. The fourth-order valence-corrected chi connectivity index (χ4v) is 1.97. The van der Waals surface area contributed by atoms with Gasteiger partial charge in [0, 0.05) is 18.6 Å². The molecule has 1 aromatic heterocycles. The number of pyridine rings is 1. The summed E-state index contributed by atoms with van der Waals surface area (Å²) in [6.07, 6.45) is 1.89. The van der Waals surface area contributed by atoms with Crippen molar-refractivity contribution < 1.29 is 4.74 Å². The maximum absolute atomic E-state index is 5.91. The van der Waals surface area contributed by atoms with Crippen molar-refractivity contribution in [1.82, 2.24) is 4.98 Å². The van der Waals surface area contributed by atoms with Crippen LogP contribution < -0.4 is 4.90 Å². The zero-order chi connectivity index (χ0) is 10.7. The molecule has 0 aromatic carbocycles. The van der Waals surface area contributed by atoms with Crippen molar-refractivity contribution in [3.05, 3.63) is 23.9 Å². The summed E-state index contributed by atoms with van der Waals surface area (Å²) in [5.74, 6) is 1.57. The minimum atomic E-state index is 0.246. The van der Waals surface area contributed by atoms with Gasteiger partial charge in [-0.2, -0.15) is 0 Å². The van der Waals surface area contributed by atoms with E-state index < -0.39 is 0 Å². The average molecular weight is 227 g/mol. The molecule has 0 amide bonds. The average Bonchev–Trinajstić information content (AvgIpc) is 2.30. The van der Waals surface area contributed by atoms with Gasteiger partial charge in [0.25, 0.3) is 0 Å². The first-order chi connectivity index (χ1) is 7.31. The van der Waals surface area contributed by atoms with Gasteiger partial charge in [0.05, 0.1) is 19.3 Å². The zero-order valence-corrected chi connectivity index (χ0v) is 9.57. The number of nitrogens with zero attached hydrogens (tertiary/aromatic N) is 2. The molecule has 0 N–H and O–H groups in total. The molecule has 1 saturated heterocycles. The molecule has 2 heterocycles. The third-order valence-corrected chi connectivity index (χ3v) is 2.95. The van der Waals surface area contributed by atoms with Crippen molar-refractivity contribution in [2.45, 2.75) is 13.0 Å². The lowest BCUT2D eigenvalue weighted by molar-refractivity contribution is 0.0994. The van der Waals surface area contributed by atoms with Crippen LogP contribution >= 0.6 is 11.6 Å². The normalized spacial score (nSPS) is 21.7. The number of hydrogen-bond donors (Lipinski definition) is 0. The van der Waals surface area contributed by atoms with Crippen molar-refractivity contribution in [2.75, 3.05) is 30.5 Å². The Morgan fingerprint density at radius 2 is 2.47 bits per heavy atom. The number of anilines is 1. The molecule has 3 nitrogen and oxygen atoms in total. The Morgan fingerprint density at radius 3 is 3.13 bits per heavy atom. The van der Waals surface area contributed by atoms with E-state index >= 15 is 0 Å². The molecule has 2 rings (SSSR count). The molecular formula is C11H15ClN2O. The van der Waals surface area contributed by atoms with Crippen LogP contribution in [-0.2, 0) is 4.74 Å². The molecule has 1 aliphatic rings. The molecule has 82 valence electrons. The molecule has 0 aliphatic carbocycles. The summed E-state index contributed by atoms with van der Waals surface area (Å²) in [5.41, 5.74) is 1.18. The van der Waals surface area contributed by atoms with Crippen LogP contribution in [0.3, 0.4) is 0 Å². The van der Waals surface area contributed by atoms with Gasteiger partial charge in [0.1, 0.15) is 5.82 Å². The Kier molecular flexibility index (Phi) is 3.44. The zero-order valence-electron chi connectivity index (χ0n) is 8.82. The summed E-state index contributed by atoms with van der Waals surface area (Å²) in [6.45, 7) is 4.35. The fourth-order valence-electron chi connectivity index (χ4n) is 1.71. The fraction of sp³-hybridized carbons (Fsp3) is 0.545. The van der Waals surface area contributed by atoms with E-state index in [2.05, 4.69) is 16.0 Å². The molecule has 15 heavy (non-hydrogen) atoms. The highest BCUT2D eigenvalue weighted by atomic mass is 35.5. The minimum absolute atomic E-state index is 0.246. The van der Waals surface area contributed by atoms with E-state index in [9.17, 15) is 0 Å². The van der Waals surface area contributed by atoms with Crippen LogP contribution in [0.2, 0.25) is 0 Å². The van der Waals surface area contributed by atoms with Crippen LogP contribution in [0.15, 0.2) is 18.3 Å². The summed E-state index contributed by atoms with van der Waals surface area (Å²) in [5, 5.41) is 0. The van der Waals surface area contributed by atoms with E-state index in [1.807, 2.05) is 19.2 Å². The molecule has 0 saturated carbocycles. The molecule has 1 aromatic rings. The topological polar surface area (TPSA) is 25.4 Å². The van der Waals surface area contributed by atoms with Gasteiger partial charge >= 0.3 is 0 Å². The lowest BCUT2D eigenvalue weighted by Crippen LogP contribution is -2.47. The SMILES string of the molecule is Cc1ccc(N2CCOCC2CCl)nc1. The molecule has 1 unspecified atom stereocenters. The number of halogens is 1. The third-order valence-electron chi connectivity index (χ3n) is 2.60. The first-order valence-corrected chi connectivity index (χ1v) is 5.67. The van der Waals surface area contributed by atoms with Gasteiger partial charge in [-0.1, -0.05) is 6.07 Å². The first kappa shape index (κ1) is 10.7. The smallest absolute Gasteiger partial charge is 0.128 e. The summed E-state index contributed by atoms with van der Waals surface area (Å²) < 4.78 is 5.39. The van der Waals surface area contributed by atoms with Gasteiger partial charge in [-0.15, -0.1) is 11.6 Å². The van der Waals surface area contributed by atoms with Gasteiger partial charge in [-0.3, -0.25) is 0 Å². The lowest BCUT2D eigenvalue weighted by atomic mass is 10.2. The van der Waals surface area contributed by atoms with Gasteiger partial charge in [0.2, 0.25) is 0 Å². The van der Waals surface area contributed by atoms with E-state index in [1.54, 1.807) is 0 Å². The predicted octanol–water partition coefficient (Wildman–Crippen LogP) is 1.83.